The molecule has 8 nitrogen and oxygen atoms in total. The summed E-state index contributed by atoms with van der Waals surface area (Å²) in [7, 11) is -3.87. The molecule has 0 unspecified atom stereocenters. The van der Waals surface area contributed by atoms with Crippen LogP contribution < -0.4 is 10.5 Å². The fourth-order valence-corrected chi connectivity index (χ4v) is 6.04. The van der Waals surface area contributed by atoms with Crippen LogP contribution in [0.5, 0.6) is 0 Å². The number of fused-ring (bicyclic) bond motifs is 1. The molecule has 2 aromatic heterocycles. The fourth-order valence-electron chi connectivity index (χ4n) is 4.46. The van der Waals surface area contributed by atoms with Crippen molar-refractivity contribution in [2.24, 2.45) is 0 Å². The average Bonchev–Trinajstić information content (AvgIpc) is 3.48. The number of benzene rings is 2. The highest BCUT2D eigenvalue weighted by Gasteiger charge is 2.25. The largest absolute Gasteiger partial charge is 0.383 e. The molecule has 10 heteroatoms. The van der Waals surface area contributed by atoms with E-state index in [1.54, 1.807) is 24.3 Å². The monoisotopic (exact) mass is 495 g/mol. The third-order valence-electron chi connectivity index (χ3n) is 6.13. The summed E-state index contributed by atoms with van der Waals surface area (Å²) < 4.78 is 29.9. The first-order valence-corrected chi connectivity index (χ1v) is 12.7. The van der Waals surface area contributed by atoms with Crippen molar-refractivity contribution >= 4 is 49.9 Å². The van der Waals surface area contributed by atoms with E-state index in [0.29, 0.717) is 27.8 Å². The Labute approximate surface area is 201 Å². The fraction of sp³-hybridized carbons (Fsp3) is 0.208. The maximum absolute atomic E-state index is 13.4. The maximum Gasteiger partial charge on any atom is 0.263 e. The lowest BCUT2D eigenvalue weighted by Gasteiger charge is -2.12. The van der Waals surface area contributed by atoms with Crippen molar-refractivity contribution < 1.29 is 13.2 Å². The average molecular weight is 496 g/mol. The van der Waals surface area contributed by atoms with Crippen molar-refractivity contribution in [1.29, 1.82) is 0 Å². The SMILES string of the molecule is Nc1ncnc2c1c(C(=O)c1ccc(NS(=O)(=O)c3ccccc3Cl)cc1)cn2C1CCCC1. The molecule has 3 N–H and O–H groups in total. The number of hydrogen-bond acceptors (Lipinski definition) is 6. The summed E-state index contributed by atoms with van der Waals surface area (Å²) in [5.41, 5.74) is 7.95. The van der Waals surface area contributed by atoms with Crippen LogP contribution in [0, 0.1) is 0 Å². The Morgan fingerprint density at radius 2 is 1.76 bits per heavy atom. The van der Waals surface area contributed by atoms with E-state index in [9.17, 15) is 13.2 Å². The minimum Gasteiger partial charge on any atom is -0.383 e. The van der Waals surface area contributed by atoms with Gasteiger partial charge in [-0.2, -0.15) is 0 Å². The zero-order valence-corrected chi connectivity index (χ0v) is 19.7. The molecule has 5 rings (SSSR count). The molecule has 0 saturated heterocycles. The van der Waals surface area contributed by atoms with Gasteiger partial charge in [-0.15, -0.1) is 0 Å². The second kappa shape index (κ2) is 8.73. The number of hydrogen-bond donors (Lipinski definition) is 2. The van der Waals surface area contributed by atoms with Crippen molar-refractivity contribution in [3.63, 3.8) is 0 Å². The minimum absolute atomic E-state index is 0.0213. The summed E-state index contributed by atoms with van der Waals surface area (Å²) in [6.07, 6.45) is 7.57. The van der Waals surface area contributed by atoms with Gasteiger partial charge in [-0.1, -0.05) is 36.6 Å². The molecular weight excluding hydrogens is 474 g/mol. The molecule has 1 aliphatic rings. The number of carbonyl (C=O) groups excluding carboxylic acids is 1. The van der Waals surface area contributed by atoms with Crippen LogP contribution >= 0.6 is 11.6 Å². The number of sulfonamides is 1. The summed E-state index contributed by atoms with van der Waals surface area (Å²) in [6, 6.07) is 12.7. The van der Waals surface area contributed by atoms with Crippen molar-refractivity contribution in [3.05, 3.63) is 77.2 Å². The van der Waals surface area contributed by atoms with Crippen molar-refractivity contribution in [1.82, 2.24) is 14.5 Å². The number of nitrogens with two attached hydrogens (primary N) is 1. The van der Waals surface area contributed by atoms with Crippen LogP contribution in [-0.2, 0) is 10.0 Å². The topological polar surface area (TPSA) is 120 Å². The molecule has 0 atom stereocenters. The third kappa shape index (κ3) is 4.01. The minimum atomic E-state index is -3.87. The number of nitrogens with zero attached hydrogens (tertiary/aromatic N) is 3. The van der Waals surface area contributed by atoms with Gasteiger partial charge in [-0.25, -0.2) is 18.4 Å². The quantitative estimate of drug-likeness (QED) is 0.370. The van der Waals surface area contributed by atoms with Gasteiger partial charge < -0.3 is 10.3 Å². The van der Waals surface area contributed by atoms with Crippen LogP contribution in [0.4, 0.5) is 11.5 Å². The van der Waals surface area contributed by atoms with Crippen LogP contribution in [0.15, 0.2) is 66.0 Å². The summed E-state index contributed by atoms with van der Waals surface area (Å²) in [4.78, 5) is 21.9. The Hall–Kier alpha value is -3.43. The van der Waals surface area contributed by atoms with E-state index in [4.69, 9.17) is 17.3 Å². The van der Waals surface area contributed by atoms with Gasteiger partial charge in [0.25, 0.3) is 10.0 Å². The van der Waals surface area contributed by atoms with E-state index in [1.807, 2.05) is 10.8 Å². The summed E-state index contributed by atoms with van der Waals surface area (Å²) in [6.45, 7) is 0. The van der Waals surface area contributed by atoms with E-state index < -0.39 is 10.0 Å². The van der Waals surface area contributed by atoms with Gasteiger partial charge in [0.15, 0.2) is 5.78 Å². The smallest absolute Gasteiger partial charge is 0.263 e. The first kappa shape index (κ1) is 22.4. The number of ketones is 1. The molecule has 1 saturated carbocycles. The predicted octanol–water partition coefficient (Wildman–Crippen LogP) is 4.81. The van der Waals surface area contributed by atoms with E-state index >= 15 is 0 Å². The lowest BCUT2D eigenvalue weighted by atomic mass is 10.0. The first-order chi connectivity index (χ1) is 16.3. The van der Waals surface area contributed by atoms with Gasteiger partial charge in [-0.05, 0) is 49.2 Å². The van der Waals surface area contributed by atoms with E-state index in [1.165, 1.54) is 30.6 Å². The Balaban J connectivity index is 1.46. The third-order valence-corrected chi connectivity index (χ3v) is 8.01. The molecule has 2 aromatic carbocycles. The maximum atomic E-state index is 13.4. The molecule has 0 amide bonds. The highest BCUT2D eigenvalue weighted by Crippen LogP contribution is 2.35. The van der Waals surface area contributed by atoms with Crippen LogP contribution in [0.1, 0.15) is 47.6 Å². The normalized spacial score (nSPS) is 14.5. The standard InChI is InChI=1S/C24H22ClN5O3S/c25-19-7-3-4-8-20(19)34(32,33)29-16-11-9-15(10-12-16)22(31)18-13-30(17-5-1-2-6-17)24-21(18)23(26)27-14-28-24/h3-4,7-14,17,29H,1-2,5-6H2,(H2,26,27,28). The molecule has 34 heavy (non-hydrogen) atoms. The predicted molar refractivity (Wildman–Crippen MR) is 132 cm³/mol. The Bertz CT molecular complexity index is 1490. The Morgan fingerprint density at radius 3 is 2.47 bits per heavy atom. The second-order valence-corrected chi connectivity index (χ2v) is 10.3. The van der Waals surface area contributed by atoms with Crippen LogP contribution in [0.25, 0.3) is 11.0 Å². The molecule has 1 fully saturated rings. The van der Waals surface area contributed by atoms with Gasteiger partial charge in [0.1, 0.15) is 22.7 Å². The number of carbonyl (C=O) groups is 1. The number of nitrogens with one attached hydrogen (secondary N) is 1. The van der Waals surface area contributed by atoms with Crippen LogP contribution in [0.3, 0.4) is 0 Å². The van der Waals surface area contributed by atoms with Crippen molar-refractivity contribution in [2.45, 2.75) is 36.6 Å². The summed E-state index contributed by atoms with van der Waals surface area (Å²) in [5.74, 6) is 0.0259. The van der Waals surface area contributed by atoms with E-state index in [0.717, 1.165) is 25.7 Å². The number of nitrogen functional groups attached to an aromatic ring is 1. The van der Waals surface area contributed by atoms with Crippen molar-refractivity contribution in [3.8, 4) is 0 Å². The molecule has 4 aromatic rings. The summed E-state index contributed by atoms with van der Waals surface area (Å²) in [5, 5.41) is 0.670. The van der Waals surface area contributed by atoms with Gasteiger partial charge in [0.2, 0.25) is 0 Å². The van der Waals surface area contributed by atoms with Gasteiger partial charge >= 0.3 is 0 Å². The zero-order valence-electron chi connectivity index (χ0n) is 18.1. The zero-order chi connectivity index (χ0) is 23.9. The van der Waals surface area contributed by atoms with E-state index in [2.05, 4.69) is 14.7 Å². The molecule has 174 valence electrons. The van der Waals surface area contributed by atoms with Gasteiger partial charge in [-0.3, -0.25) is 9.52 Å². The Morgan fingerprint density at radius 1 is 1.06 bits per heavy atom. The lowest BCUT2D eigenvalue weighted by Crippen LogP contribution is -2.13. The number of rotatable bonds is 6. The molecule has 0 bridgehead atoms. The second-order valence-electron chi connectivity index (χ2n) is 8.29. The van der Waals surface area contributed by atoms with Gasteiger partial charge in [0, 0.05) is 23.5 Å². The molecule has 0 radical (unpaired) electrons. The molecule has 1 aliphatic carbocycles. The van der Waals surface area contributed by atoms with Crippen LogP contribution in [-0.4, -0.2) is 28.7 Å². The summed E-state index contributed by atoms with van der Waals surface area (Å²) >= 11 is 6.03. The number of aromatic nitrogens is 3. The molecule has 0 spiro atoms. The highest BCUT2D eigenvalue weighted by atomic mass is 35.5. The molecule has 2 heterocycles. The number of halogens is 1. The highest BCUT2D eigenvalue weighted by molar-refractivity contribution is 7.92. The number of anilines is 2. The first-order valence-electron chi connectivity index (χ1n) is 10.9. The van der Waals surface area contributed by atoms with E-state index in [-0.39, 0.29) is 27.6 Å². The van der Waals surface area contributed by atoms with Crippen molar-refractivity contribution in [2.75, 3.05) is 10.5 Å². The molecular formula is C24H22ClN5O3S. The Kier molecular flexibility index (Phi) is 5.75. The lowest BCUT2D eigenvalue weighted by molar-refractivity contribution is 0.104. The molecule has 0 aliphatic heterocycles. The van der Waals surface area contributed by atoms with Crippen LogP contribution in [0.2, 0.25) is 5.02 Å². The van der Waals surface area contributed by atoms with Gasteiger partial charge in [0.05, 0.1) is 16.0 Å².